The van der Waals surface area contributed by atoms with Gasteiger partial charge in [-0.1, -0.05) is 34.3 Å². The fourth-order valence-corrected chi connectivity index (χ4v) is 3.99. The van der Waals surface area contributed by atoms with E-state index >= 15 is 0 Å². The zero-order valence-electron chi connectivity index (χ0n) is 24.0. The summed E-state index contributed by atoms with van der Waals surface area (Å²) in [6.07, 6.45) is 0.127. The molecule has 0 aliphatic carbocycles. The number of esters is 2. The van der Waals surface area contributed by atoms with E-state index in [2.05, 4.69) is 6.58 Å². The van der Waals surface area contributed by atoms with E-state index in [1.165, 1.54) is 0 Å². The first-order chi connectivity index (χ1) is 19.1. The second kappa shape index (κ2) is 14.7. The maximum atomic E-state index is 12.2. The predicted molar refractivity (Wildman–Crippen MR) is 137 cm³/mol. The van der Waals surface area contributed by atoms with E-state index in [4.69, 9.17) is 23.9 Å². The largest absolute Gasteiger partial charge is 0.463 e. The third kappa shape index (κ3) is 11.7. The van der Waals surface area contributed by atoms with Crippen LogP contribution in [-0.4, -0.2) is 78.2 Å². The Bertz CT molecular complexity index is 951. The minimum Gasteiger partial charge on any atom is -0.463 e. The summed E-state index contributed by atoms with van der Waals surface area (Å²) >= 11 is 0. The van der Waals surface area contributed by atoms with Gasteiger partial charge in [-0.05, 0) is 17.3 Å². The number of allylic oxidation sites excluding steroid dienone is 1. The number of hydrogen-bond donors (Lipinski definition) is 0. The molecule has 0 spiro atoms. The first kappa shape index (κ1) is 33.4. The maximum absolute atomic E-state index is 12.2. The van der Waals surface area contributed by atoms with Crippen LogP contribution < -0.4 is 0 Å². The third-order valence-corrected chi connectivity index (χ3v) is 6.01. The van der Waals surface area contributed by atoms with Gasteiger partial charge in [-0.25, -0.2) is 9.59 Å². The maximum Gasteiger partial charge on any atom is 0.333 e. The summed E-state index contributed by atoms with van der Waals surface area (Å²) in [6.45, 7) is 10.3. The second-order valence-electron chi connectivity index (χ2n) is 11.4. The van der Waals surface area contributed by atoms with Crippen molar-refractivity contribution < 1.29 is 57.4 Å². The van der Waals surface area contributed by atoms with E-state index < -0.39 is 46.5 Å². The van der Waals surface area contributed by atoms with Crippen molar-refractivity contribution in [2.24, 2.45) is 10.8 Å². The molecule has 0 radical (unpaired) electrons. The molecule has 0 saturated carbocycles. The van der Waals surface area contributed by atoms with Gasteiger partial charge in [0.15, 0.2) is 0 Å². The Hall–Kier alpha value is -3.81. The van der Waals surface area contributed by atoms with Gasteiger partial charge in [-0.3, -0.25) is 24.0 Å². The topological polar surface area (TPSA) is 172 Å². The van der Waals surface area contributed by atoms with Gasteiger partial charge < -0.3 is 23.9 Å². The molecular weight excluding hydrogens is 544 g/mol. The molecule has 2 heterocycles. The zero-order chi connectivity index (χ0) is 30.8. The number of amides is 3. The van der Waals surface area contributed by atoms with Crippen molar-refractivity contribution >= 4 is 41.6 Å². The highest BCUT2D eigenvalue weighted by atomic mass is 16.7. The SMILES string of the molecule is C=C1CCC(=O)N1OC(=O)CC(C)(C)CC(=O)OCCOCCOC(=O)CC(C)(C)CC(=O)ON1C(=O)CCC1=O. The molecule has 3 amide bonds. The van der Waals surface area contributed by atoms with Crippen LogP contribution in [0.25, 0.3) is 0 Å². The molecule has 0 unspecified atom stereocenters. The number of imide groups is 1. The average molecular weight is 583 g/mol. The van der Waals surface area contributed by atoms with Crippen LogP contribution in [0, 0.1) is 10.8 Å². The summed E-state index contributed by atoms with van der Waals surface area (Å²) in [5, 5.41) is 1.35. The first-order valence-electron chi connectivity index (χ1n) is 13.3. The fourth-order valence-electron chi connectivity index (χ4n) is 3.99. The second-order valence-corrected chi connectivity index (χ2v) is 11.4. The summed E-state index contributed by atoms with van der Waals surface area (Å²) in [4.78, 5) is 93.3. The molecule has 14 nitrogen and oxygen atoms in total. The smallest absolute Gasteiger partial charge is 0.333 e. The number of carbonyl (C=O) groups is 7. The number of hydrogen-bond acceptors (Lipinski definition) is 12. The van der Waals surface area contributed by atoms with Crippen LogP contribution in [-0.2, 0) is 57.4 Å². The number of carbonyl (C=O) groups excluding carboxylic acids is 7. The molecule has 2 rings (SSSR count). The van der Waals surface area contributed by atoms with Gasteiger partial charge >= 0.3 is 23.9 Å². The number of rotatable bonds is 16. The normalized spacial score (nSPS) is 15.8. The highest BCUT2D eigenvalue weighted by molar-refractivity contribution is 6.01. The lowest BCUT2D eigenvalue weighted by atomic mass is 9.86. The number of hydroxylamine groups is 4. The number of ether oxygens (including phenoxy) is 3. The van der Waals surface area contributed by atoms with Crippen LogP contribution in [0.5, 0.6) is 0 Å². The summed E-state index contributed by atoms with van der Waals surface area (Å²) in [5.41, 5.74) is -1.21. The molecule has 41 heavy (non-hydrogen) atoms. The highest BCUT2D eigenvalue weighted by Gasteiger charge is 2.35. The molecular formula is C27H38N2O12. The van der Waals surface area contributed by atoms with Crippen LogP contribution in [0.4, 0.5) is 0 Å². The summed E-state index contributed by atoms with van der Waals surface area (Å²) < 4.78 is 15.5. The van der Waals surface area contributed by atoms with E-state index in [1.54, 1.807) is 27.7 Å². The molecule has 0 aromatic rings. The monoisotopic (exact) mass is 582 g/mol. The molecule has 228 valence electrons. The van der Waals surface area contributed by atoms with E-state index in [0.717, 1.165) is 5.06 Å². The van der Waals surface area contributed by atoms with Crippen LogP contribution in [0.3, 0.4) is 0 Å². The lowest BCUT2D eigenvalue weighted by molar-refractivity contribution is -0.199. The molecule has 0 N–H and O–H groups in total. The highest BCUT2D eigenvalue weighted by Crippen LogP contribution is 2.29. The van der Waals surface area contributed by atoms with Crippen molar-refractivity contribution in [2.45, 2.75) is 79.1 Å². The van der Waals surface area contributed by atoms with E-state index in [9.17, 15) is 33.6 Å². The van der Waals surface area contributed by atoms with Gasteiger partial charge in [-0.15, -0.1) is 10.1 Å². The Kier molecular flexibility index (Phi) is 12.0. The molecule has 0 aromatic heterocycles. The lowest BCUT2D eigenvalue weighted by Gasteiger charge is -2.24. The Morgan fingerprint density at radius 1 is 0.610 bits per heavy atom. The van der Waals surface area contributed by atoms with Gasteiger partial charge in [-0.2, -0.15) is 0 Å². The Morgan fingerprint density at radius 3 is 1.39 bits per heavy atom. The quantitative estimate of drug-likeness (QED) is 0.147. The summed E-state index contributed by atoms with van der Waals surface area (Å²) in [6, 6.07) is 0. The van der Waals surface area contributed by atoms with E-state index in [-0.39, 0.29) is 77.3 Å². The molecule has 2 saturated heterocycles. The minimum atomic E-state index is -0.847. The number of nitrogens with zero attached hydrogens (tertiary/aromatic N) is 2. The van der Waals surface area contributed by atoms with E-state index in [1.807, 2.05) is 0 Å². The Morgan fingerprint density at radius 2 is 0.976 bits per heavy atom. The van der Waals surface area contributed by atoms with Gasteiger partial charge in [0, 0.05) is 19.3 Å². The minimum absolute atomic E-state index is 0.0102. The standard InChI is InChI=1S/C27H38N2O12/c1-18-6-7-19(30)28(18)40-24(35)16-26(2,3)14-22(33)38-12-10-37-11-13-39-23(34)15-27(4,5)17-25(36)41-29-20(31)8-9-21(29)32/h1,6-17H2,2-5H3. The van der Waals surface area contributed by atoms with Crippen molar-refractivity contribution in [3.63, 3.8) is 0 Å². The molecule has 0 bridgehead atoms. The molecule has 0 aromatic carbocycles. The Balaban J connectivity index is 1.55. The molecule has 2 aliphatic rings. The fraction of sp³-hybridized carbons (Fsp3) is 0.667. The van der Waals surface area contributed by atoms with Crippen LogP contribution in [0.1, 0.15) is 79.1 Å². The van der Waals surface area contributed by atoms with Crippen molar-refractivity contribution in [1.29, 1.82) is 0 Å². The van der Waals surface area contributed by atoms with Gasteiger partial charge in [0.05, 0.1) is 44.6 Å². The van der Waals surface area contributed by atoms with E-state index in [0.29, 0.717) is 17.2 Å². The van der Waals surface area contributed by atoms with Crippen LogP contribution in [0.15, 0.2) is 12.3 Å². The third-order valence-electron chi connectivity index (χ3n) is 6.01. The van der Waals surface area contributed by atoms with Crippen molar-refractivity contribution in [1.82, 2.24) is 10.1 Å². The average Bonchev–Trinajstić information content (AvgIpc) is 3.32. The van der Waals surface area contributed by atoms with Crippen molar-refractivity contribution in [3.05, 3.63) is 12.3 Å². The van der Waals surface area contributed by atoms with Crippen molar-refractivity contribution in [2.75, 3.05) is 26.4 Å². The van der Waals surface area contributed by atoms with Crippen LogP contribution >= 0.6 is 0 Å². The lowest BCUT2D eigenvalue weighted by Crippen LogP contribution is -2.34. The Labute approximate surface area is 238 Å². The van der Waals surface area contributed by atoms with Crippen LogP contribution in [0.2, 0.25) is 0 Å². The molecule has 2 fully saturated rings. The predicted octanol–water partition coefficient (Wildman–Crippen LogP) is 1.90. The zero-order valence-corrected chi connectivity index (χ0v) is 24.0. The molecule has 2 aliphatic heterocycles. The van der Waals surface area contributed by atoms with Gasteiger partial charge in [0.25, 0.3) is 17.7 Å². The summed E-state index contributed by atoms with van der Waals surface area (Å²) in [5.74, 6) is -4.09. The molecule has 0 atom stereocenters. The first-order valence-corrected chi connectivity index (χ1v) is 13.3. The van der Waals surface area contributed by atoms with Gasteiger partial charge in [0.1, 0.15) is 13.2 Å². The molecule has 14 heteroatoms. The van der Waals surface area contributed by atoms with Crippen molar-refractivity contribution in [3.8, 4) is 0 Å². The van der Waals surface area contributed by atoms with Gasteiger partial charge in [0.2, 0.25) is 0 Å². The summed E-state index contributed by atoms with van der Waals surface area (Å²) in [7, 11) is 0.